The zero-order valence-corrected chi connectivity index (χ0v) is 15.5. The summed E-state index contributed by atoms with van der Waals surface area (Å²) in [5, 5.41) is 3.50. The van der Waals surface area contributed by atoms with Crippen LogP contribution in [0.1, 0.15) is 44.6 Å². The summed E-state index contributed by atoms with van der Waals surface area (Å²) in [5.41, 5.74) is 1.81. The smallest absolute Gasteiger partial charge is 0.353 e. The van der Waals surface area contributed by atoms with Crippen molar-refractivity contribution in [2.24, 2.45) is 0 Å². The fourth-order valence-corrected chi connectivity index (χ4v) is 4.02. The lowest BCUT2D eigenvalue weighted by molar-refractivity contribution is -0.144. The number of aromatic amines is 1. The Balaban J connectivity index is 1.50. The van der Waals surface area contributed by atoms with Gasteiger partial charge in [-0.05, 0) is 31.7 Å². The molecule has 1 amide bonds. The third-order valence-electron chi connectivity index (χ3n) is 5.39. The van der Waals surface area contributed by atoms with Gasteiger partial charge in [-0.15, -0.1) is 0 Å². The largest absolute Gasteiger partial charge is 0.389 e. The Morgan fingerprint density at radius 3 is 2.69 bits per heavy atom. The number of nitrogens with one attached hydrogen (secondary N) is 2. The first-order chi connectivity index (χ1) is 13.8. The van der Waals surface area contributed by atoms with E-state index in [0.717, 1.165) is 10.9 Å². The van der Waals surface area contributed by atoms with Gasteiger partial charge in [0.05, 0.1) is 24.3 Å². The number of aromatic nitrogens is 4. The number of halogens is 3. The number of H-pyrrole nitrogens is 1. The predicted molar refractivity (Wildman–Crippen MR) is 100 cm³/mol. The summed E-state index contributed by atoms with van der Waals surface area (Å²) < 4.78 is 38.5. The summed E-state index contributed by atoms with van der Waals surface area (Å²) in [6, 6.07) is 1.61. The number of pyridine rings is 1. The molecule has 0 aliphatic heterocycles. The fraction of sp³-hybridized carbons (Fsp3) is 0.474. The monoisotopic (exact) mass is 407 g/mol. The van der Waals surface area contributed by atoms with Gasteiger partial charge in [-0.3, -0.25) is 9.59 Å². The zero-order chi connectivity index (χ0) is 20.6. The van der Waals surface area contributed by atoms with Gasteiger partial charge < -0.3 is 14.9 Å². The van der Waals surface area contributed by atoms with E-state index in [-0.39, 0.29) is 17.6 Å². The molecule has 0 atom stereocenters. The second-order valence-electron chi connectivity index (χ2n) is 7.39. The Morgan fingerprint density at radius 1 is 1.21 bits per heavy atom. The average molecular weight is 407 g/mol. The summed E-state index contributed by atoms with van der Waals surface area (Å²) in [6.07, 6.45) is 1.12. The van der Waals surface area contributed by atoms with Crippen molar-refractivity contribution < 1.29 is 18.0 Å². The highest BCUT2D eigenvalue weighted by molar-refractivity contribution is 6.00. The van der Waals surface area contributed by atoms with Crippen molar-refractivity contribution >= 4 is 28.0 Å². The number of fused-ring (bicyclic) bond motifs is 3. The number of hydrogen-bond acceptors (Lipinski definition) is 4. The van der Waals surface area contributed by atoms with Crippen LogP contribution in [0.25, 0.3) is 22.1 Å². The van der Waals surface area contributed by atoms with Gasteiger partial charge >= 0.3 is 6.18 Å². The maximum absolute atomic E-state index is 12.6. The van der Waals surface area contributed by atoms with E-state index < -0.39 is 24.9 Å². The number of carbonyl (C=O) groups is 1. The average Bonchev–Trinajstić information content (AvgIpc) is 3.16. The molecule has 1 aliphatic rings. The summed E-state index contributed by atoms with van der Waals surface area (Å²) >= 11 is 0. The van der Waals surface area contributed by atoms with Gasteiger partial charge in [-0.2, -0.15) is 13.2 Å². The molecule has 3 aromatic rings. The van der Waals surface area contributed by atoms with E-state index >= 15 is 0 Å². The van der Waals surface area contributed by atoms with Crippen LogP contribution in [0.5, 0.6) is 0 Å². The van der Waals surface area contributed by atoms with Gasteiger partial charge in [-0.1, -0.05) is 0 Å². The highest BCUT2D eigenvalue weighted by Crippen LogP contribution is 2.31. The molecule has 3 aromatic heterocycles. The molecular formula is C19H20F3N5O2. The first-order valence-corrected chi connectivity index (χ1v) is 9.51. The van der Waals surface area contributed by atoms with E-state index in [2.05, 4.69) is 20.3 Å². The van der Waals surface area contributed by atoms with Crippen LogP contribution in [-0.4, -0.2) is 37.6 Å². The highest BCUT2D eigenvalue weighted by atomic mass is 19.4. The van der Waals surface area contributed by atoms with E-state index in [1.165, 1.54) is 6.20 Å². The van der Waals surface area contributed by atoms with E-state index in [1.54, 1.807) is 17.0 Å². The first-order valence-electron chi connectivity index (χ1n) is 9.51. The Hall–Kier alpha value is -2.91. The molecule has 3 heterocycles. The normalized spacial score (nSPS) is 20.2. The van der Waals surface area contributed by atoms with Gasteiger partial charge in [0.25, 0.3) is 5.56 Å². The number of rotatable bonds is 4. The van der Waals surface area contributed by atoms with Crippen molar-refractivity contribution in [1.29, 1.82) is 0 Å². The molecule has 29 heavy (non-hydrogen) atoms. The van der Waals surface area contributed by atoms with Crippen LogP contribution in [0.2, 0.25) is 0 Å². The Labute approximate surface area is 163 Å². The molecule has 7 nitrogen and oxygen atoms in total. The predicted octanol–water partition coefficient (Wildman–Crippen LogP) is 3.22. The van der Waals surface area contributed by atoms with Gasteiger partial charge in [0.15, 0.2) is 0 Å². The van der Waals surface area contributed by atoms with Crippen LogP contribution in [-0.2, 0) is 4.79 Å². The topological polar surface area (TPSA) is 92.7 Å². The number of nitrogens with zero attached hydrogens (tertiary/aromatic N) is 3. The summed E-state index contributed by atoms with van der Waals surface area (Å²) in [6.45, 7) is 0. The summed E-state index contributed by atoms with van der Waals surface area (Å²) in [4.78, 5) is 35.9. The minimum absolute atomic E-state index is 0.0724. The van der Waals surface area contributed by atoms with Crippen LogP contribution in [0.3, 0.4) is 0 Å². The van der Waals surface area contributed by atoms with Gasteiger partial charge in [0, 0.05) is 30.1 Å². The van der Waals surface area contributed by atoms with Gasteiger partial charge in [0.2, 0.25) is 5.91 Å². The Morgan fingerprint density at radius 2 is 1.97 bits per heavy atom. The van der Waals surface area contributed by atoms with E-state index in [1.807, 2.05) is 6.07 Å². The molecule has 0 bridgehead atoms. The SMILES string of the molecule is O=C(CCC(F)(F)F)NC1CCC(n2c(=O)cnc3cnc4[nH]ccc4c32)CC1. The molecule has 0 unspecified atom stereocenters. The van der Waals surface area contributed by atoms with E-state index in [9.17, 15) is 22.8 Å². The minimum atomic E-state index is -4.34. The Kier molecular flexibility index (Phi) is 5.01. The van der Waals surface area contributed by atoms with E-state index in [4.69, 9.17) is 0 Å². The minimum Gasteiger partial charge on any atom is -0.353 e. The molecule has 2 N–H and O–H groups in total. The Bertz CT molecular complexity index is 1100. The van der Waals surface area contributed by atoms with Crippen LogP contribution >= 0.6 is 0 Å². The van der Waals surface area contributed by atoms with Crippen molar-refractivity contribution in [1.82, 2.24) is 24.8 Å². The molecule has 154 valence electrons. The lowest BCUT2D eigenvalue weighted by Crippen LogP contribution is -2.39. The number of hydrogen-bond donors (Lipinski definition) is 2. The highest BCUT2D eigenvalue weighted by Gasteiger charge is 2.30. The molecule has 1 fully saturated rings. The molecule has 1 saturated carbocycles. The first kappa shape index (κ1) is 19.4. The molecule has 0 saturated heterocycles. The van der Waals surface area contributed by atoms with Gasteiger partial charge in [-0.25, -0.2) is 9.97 Å². The summed E-state index contributed by atoms with van der Waals surface area (Å²) in [7, 11) is 0. The van der Waals surface area contributed by atoms with Crippen LogP contribution < -0.4 is 10.9 Å². The van der Waals surface area contributed by atoms with Crippen molar-refractivity contribution in [2.75, 3.05) is 0 Å². The lowest BCUT2D eigenvalue weighted by Gasteiger charge is -2.31. The third kappa shape index (κ3) is 4.10. The van der Waals surface area contributed by atoms with Crippen LogP contribution in [0, 0.1) is 0 Å². The van der Waals surface area contributed by atoms with Crippen molar-refractivity contribution in [3.05, 3.63) is 35.0 Å². The lowest BCUT2D eigenvalue weighted by atomic mass is 9.90. The third-order valence-corrected chi connectivity index (χ3v) is 5.39. The maximum atomic E-state index is 12.6. The second-order valence-corrected chi connectivity index (χ2v) is 7.39. The summed E-state index contributed by atoms with van der Waals surface area (Å²) in [5.74, 6) is -0.586. The molecule has 10 heteroatoms. The fourth-order valence-electron chi connectivity index (χ4n) is 4.02. The second kappa shape index (κ2) is 7.49. The number of alkyl halides is 3. The number of amides is 1. The molecule has 0 spiro atoms. The van der Waals surface area contributed by atoms with Crippen LogP contribution in [0.4, 0.5) is 13.2 Å². The van der Waals surface area contributed by atoms with E-state index in [0.29, 0.717) is 36.8 Å². The quantitative estimate of drug-likeness (QED) is 0.695. The van der Waals surface area contributed by atoms with Crippen molar-refractivity contribution in [3.8, 4) is 0 Å². The maximum Gasteiger partial charge on any atom is 0.389 e. The molecular weight excluding hydrogens is 387 g/mol. The van der Waals surface area contributed by atoms with Gasteiger partial charge in [0.1, 0.15) is 11.2 Å². The van der Waals surface area contributed by atoms with Crippen LogP contribution in [0.15, 0.2) is 29.5 Å². The molecule has 4 rings (SSSR count). The number of carbonyl (C=O) groups excluding carboxylic acids is 1. The molecule has 0 radical (unpaired) electrons. The standard InChI is InChI=1S/C19H20F3N5O2/c20-19(21,22)7-5-15(28)26-11-1-3-12(4-2-11)27-16(29)10-24-14-9-25-18-13(17(14)27)6-8-23-18/h6,8-12H,1-5,7H2,(H,23,25)(H,26,28). The molecule has 0 aromatic carbocycles. The molecule has 1 aliphatic carbocycles. The van der Waals surface area contributed by atoms with Crippen molar-refractivity contribution in [2.45, 2.75) is 56.8 Å². The van der Waals surface area contributed by atoms with Crippen molar-refractivity contribution in [3.63, 3.8) is 0 Å². The zero-order valence-electron chi connectivity index (χ0n) is 15.5.